The second-order valence-electron chi connectivity index (χ2n) is 5.50. The Hall–Kier alpha value is -2.88. The van der Waals surface area contributed by atoms with Gasteiger partial charge in [0.15, 0.2) is 0 Å². The van der Waals surface area contributed by atoms with E-state index in [1.54, 1.807) is 0 Å². The van der Waals surface area contributed by atoms with Crippen LogP contribution in [0.3, 0.4) is 0 Å². The lowest BCUT2D eigenvalue weighted by atomic mass is 10.2. The SMILES string of the molecule is Cc1cc(Nc2ccccc2C)nc(NCc2ccccc2)n1. The van der Waals surface area contributed by atoms with Crippen molar-refractivity contribution in [3.05, 3.63) is 77.5 Å². The number of benzene rings is 2. The smallest absolute Gasteiger partial charge is 0.225 e. The van der Waals surface area contributed by atoms with Gasteiger partial charge in [0.25, 0.3) is 0 Å². The molecule has 0 spiro atoms. The molecule has 0 radical (unpaired) electrons. The molecule has 0 unspecified atom stereocenters. The molecule has 0 fully saturated rings. The molecule has 2 N–H and O–H groups in total. The quantitative estimate of drug-likeness (QED) is 0.731. The van der Waals surface area contributed by atoms with Gasteiger partial charge < -0.3 is 10.6 Å². The molecule has 0 saturated heterocycles. The van der Waals surface area contributed by atoms with E-state index in [1.807, 2.05) is 49.4 Å². The molecule has 0 aliphatic rings. The van der Waals surface area contributed by atoms with Gasteiger partial charge in [-0.25, -0.2) is 4.98 Å². The summed E-state index contributed by atoms with van der Waals surface area (Å²) in [5.41, 5.74) is 4.36. The zero-order valence-electron chi connectivity index (χ0n) is 13.4. The van der Waals surface area contributed by atoms with Crippen molar-refractivity contribution in [2.75, 3.05) is 10.6 Å². The molecular weight excluding hydrogens is 284 g/mol. The Balaban J connectivity index is 1.75. The lowest BCUT2D eigenvalue weighted by Gasteiger charge is -2.11. The molecule has 116 valence electrons. The van der Waals surface area contributed by atoms with Crippen LogP contribution in [-0.4, -0.2) is 9.97 Å². The van der Waals surface area contributed by atoms with Crippen molar-refractivity contribution in [2.24, 2.45) is 0 Å². The molecule has 2 aromatic carbocycles. The minimum atomic E-state index is 0.630. The average Bonchev–Trinajstić information content (AvgIpc) is 2.56. The van der Waals surface area contributed by atoms with Gasteiger partial charge in [-0.05, 0) is 31.0 Å². The summed E-state index contributed by atoms with van der Waals surface area (Å²) in [6.07, 6.45) is 0. The van der Waals surface area contributed by atoms with Crippen LogP contribution >= 0.6 is 0 Å². The number of para-hydroxylation sites is 1. The van der Waals surface area contributed by atoms with E-state index >= 15 is 0 Å². The standard InChI is InChI=1S/C19H20N4/c1-14-8-6-7-11-17(14)22-18-12-15(2)21-19(23-18)20-13-16-9-4-3-5-10-16/h3-12H,13H2,1-2H3,(H2,20,21,22,23). The van der Waals surface area contributed by atoms with Crippen molar-refractivity contribution in [1.82, 2.24) is 9.97 Å². The van der Waals surface area contributed by atoms with Crippen molar-refractivity contribution in [2.45, 2.75) is 20.4 Å². The van der Waals surface area contributed by atoms with Gasteiger partial charge >= 0.3 is 0 Å². The highest BCUT2D eigenvalue weighted by Gasteiger charge is 2.04. The lowest BCUT2D eigenvalue weighted by molar-refractivity contribution is 1.03. The number of aryl methyl sites for hydroxylation is 2. The molecule has 0 saturated carbocycles. The summed E-state index contributed by atoms with van der Waals surface area (Å²) in [4.78, 5) is 9.00. The number of aromatic nitrogens is 2. The number of nitrogens with one attached hydrogen (secondary N) is 2. The fourth-order valence-electron chi connectivity index (χ4n) is 2.34. The number of nitrogens with zero attached hydrogens (tertiary/aromatic N) is 2. The van der Waals surface area contributed by atoms with E-state index in [9.17, 15) is 0 Å². The molecule has 0 aliphatic heterocycles. The summed E-state index contributed by atoms with van der Waals surface area (Å²) in [6.45, 7) is 4.75. The monoisotopic (exact) mass is 304 g/mol. The molecule has 0 amide bonds. The fourth-order valence-corrected chi connectivity index (χ4v) is 2.34. The van der Waals surface area contributed by atoms with E-state index in [0.717, 1.165) is 17.2 Å². The first-order valence-corrected chi connectivity index (χ1v) is 7.67. The van der Waals surface area contributed by atoms with Gasteiger partial charge in [0.1, 0.15) is 5.82 Å². The van der Waals surface area contributed by atoms with Crippen LogP contribution in [0.5, 0.6) is 0 Å². The van der Waals surface area contributed by atoms with Crippen LogP contribution in [0.1, 0.15) is 16.8 Å². The largest absolute Gasteiger partial charge is 0.350 e. The van der Waals surface area contributed by atoms with Crippen LogP contribution in [0.25, 0.3) is 0 Å². The van der Waals surface area contributed by atoms with Gasteiger partial charge in [0.05, 0.1) is 0 Å². The number of hydrogen-bond donors (Lipinski definition) is 2. The van der Waals surface area contributed by atoms with E-state index in [4.69, 9.17) is 0 Å². The van der Waals surface area contributed by atoms with Gasteiger partial charge in [0, 0.05) is 24.0 Å². The zero-order valence-corrected chi connectivity index (χ0v) is 13.4. The zero-order chi connectivity index (χ0) is 16.1. The molecule has 1 aromatic heterocycles. The second-order valence-corrected chi connectivity index (χ2v) is 5.50. The van der Waals surface area contributed by atoms with Crippen LogP contribution in [0.2, 0.25) is 0 Å². The second kappa shape index (κ2) is 6.92. The summed E-state index contributed by atoms with van der Waals surface area (Å²) in [7, 11) is 0. The van der Waals surface area contributed by atoms with E-state index in [2.05, 4.69) is 45.7 Å². The number of anilines is 3. The molecule has 1 heterocycles. The first kappa shape index (κ1) is 15.0. The van der Waals surface area contributed by atoms with Gasteiger partial charge in [-0.15, -0.1) is 0 Å². The van der Waals surface area contributed by atoms with Gasteiger partial charge in [-0.2, -0.15) is 4.98 Å². The third kappa shape index (κ3) is 4.07. The molecule has 0 aliphatic carbocycles. The van der Waals surface area contributed by atoms with E-state index in [-0.39, 0.29) is 0 Å². The van der Waals surface area contributed by atoms with Crippen LogP contribution in [-0.2, 0) is 6.54 Å². The molecule has 3 rings (SSSR count). The molecule has 23 heavy (non-hydrogen) atoms. The molecule has 0 bridgehead atoms. The van der Waals surface area contributed by atoms with E-state index in [0.29, 0.717) is 12.5 Å². The highest BCUT2D eigenvalue weighted by molar-refractivity contribution is 5.61. The Morgan fingerprint density at radius 3 is 2.39 bits per heavy atom. The van der Waals surface area contributed by atoms with Gasteiger partial charge in [-0.1, -0.05) is 48.5 Å². The van der Waals surface area contributed by atoms with Crippen LogP contribution in [0.15, 0.2) is 60.7 Å². The maximum absolute atomic E-state index is 4.55. The fraction of sp³-hybridized carbons (Fsp3) is 0.158. The first-order chi connectivity index (χ1) is 11.2. The van der Waals surface area contributed by atoms with Crippen LogP contribution in [0, 0.1) is 13.8 Å². The lowest BCUT2D eigenvalue weighted by Crippen LogP contribution is -2.06. The van der Waals surface area contributed by atoms with E-state index < -0.39 is 0 Å². The third-order valence-electron chi connectivity index (χ3n) is 3.56. The van der Waals surface area contributed by atoms with Crippen molar-refractivity contribution >= 4 is 17.5 Å². The highest BCUT2D eigenvalue weighted by atomic mass is 15.1. The summed E-state index contributed by atoms with van der Waals surface area (Å²) in [5, 5.41) is 6.64. The van der Waals surface area contributed by atoms with Gasteiger partial charge in [-0.3, -0.25) is 0 Å². The normalized spacial score (nSPS) is 10.3. The van der Waals surface area contributed by atoms with Crippen molar-refractivity contribution in [3.8, 4) is 0 Å². The van der Waals surface area contributed by atoms with E-state index in [1.165, 1.54) is 11.1 Å². The summed E-state index contributed by atoms with van der Waals surface area (Å²) >= 11 is 0. The first-order valence-electron chi connectivity index (χ1n) is 7.67. The molecule has 0 atom stereocenters. The number of rotatable bonds is 5. The minimum Gasteiger partial charge on any atom is -0.350 e. The van der Waals surface area contributed by atoms with Gasteiger partial charge in [0.2, 0.25) is 5.95 Å². The van der Waals surface area contributed by atoms with Crippen molar-refractivity contribution < 1.29 is 0 Å². The predicted molar refractivity (Wildman–Crippen MR) is 95.0 cm³/mol. The van der Waals surface area contributed by atoms with Crippen molar-refractivity contribution in [3.63, 3.8) is 0 Å². The van der Waals surface area contributed by atoms with Crippen LogP contribution in [0.4, 0.5) is 17.5 Å². The molecule has 4 nitrogen and oxygen atoms in total. The minimum absolute atomic E-state index is 0.630. The predicted octanol–water partition coefficient (Wildman–Crippen LogP) is 4.45. The Labute approximate surface area is 136 Å². The topological polar surface area (TPSA) is 49.8 Å². The maximum Gasteiger partial charge on any atom is 0.225 e. The highest BCUT2D eigenvalue weighted by Crippen LogP contribution is 2.20. The number of hydrogen-bond acceptors (Lipinski definition) is 4. The average molecular weight is 304 g/mol. The Bertz CT molecular complexity index is 784. The molecule has 3 aromatic rings. The Morgan fingerprint density at radius 2 is 1.61 bits per heavy atom. The molecular formula is C19H20N4. The maximum atomic E-state index is 4.55. The van der Waals surface area contributed by atoms with Crippen LogP contribution < -0.4 is 10.6 Å². The van der Waals surface area contributed by atoms with Crippen molar-refractivity contribution in [1.29, 1.82) is 0 Å². The third-order valence-corrected chi connectivity index (χ3v) is 3.56. The Morgan fingerprint density at radius 1 is 0.870 bits per heavy atom. The Kier molecular flexibility index (Phi) is 4.52. The summed E-state index contributed by atoms with van der Waals surface area (Å²) in [6, 6.07) is 20.3. The molecule has 4 heteroatoms. The summed E-state index contributed by atoms with van der Waals surface area (Å²) < 4.78 is 0. The summed E-state index contributed by atoms with van der Waals surface area (Å²) in [5.74, 6) is 1.42.